The molecule has 0 spiro atoms. The van der Waals surface area contributed by atoms with E-state index >= 15 is 0 Å². The molecule has 8 heteroatoms. The number of ether oxygens (including phenoxy) is 1. The van der Waals surface area contributed by atoms with Gasteiger partial charge in [0.1, 0.15) is 5.75 Å². The molecule has 0 bridgehead atoms. The van der Waals surface area contributed by atoms with Crippen molar-refractivity contribution in [1.82, 2.24) is 25.1 Å². The molecule has 0 aliphatic heterocycles. The SMILES string of the molecule is COc1cccc([C@@H](C)NC(=O)c2nnn3c2c(=O)[nH]c2cc(C)ccc23)c1. The van der Waals surface area contributed by atoms with Gasteiger partial charge in [-0.3, -0.25) is 9.59 Å². The fourth-order valence-electron chi connectivity index (χ4n) is 3.18. The van der Waals surface area contributed by atoms with Crippen LogP contribution >= 0.6 is 0 Å². The number of fused-ring (bicyclic) bond motifs is 3. The lowest BCUT2D eigenvalue weighted by atomic mass is 10.1. The zero-order valence-electron chi connectivity index (χ0n) is 15.7. The molecule has 1 atom stereocenters. The normalized spacial score (nSPS) is 12.2. The predicted octanol–water partition coefficient (Wildman–Crippen LogP) is 2.38. The van der Waals surface area contributed by atoms with Gasteiger partial charge in [-0.15, -0.1) is 5.10 Å². The Hall–Kier alpha value is -3.68. The Morgan fingerprint density at radius 1 is 1.25 bits per heavy atom. The van der Waals surface area contributed by atoms with Crippen molar-refractivity contribution in [3.05, 3.63) is 69.6 Å². The standard InChI is InChI=1S/C20H19N5O3/c1-11-7-8-16-15(9-11)22-20(27)18-17(23-24-25(16)18)19(26)21-12(2)13-5-4-6-14(10-13)28-3/h4-10,12H,1-3H3,(H,21,26)(H,22,27)/t12-/m1/s1. The molecule has 2 N–H and O–H groups in total. The van der Waals surface area contributed by atoms with Gasteiger partial charge < -0.3 is 15.0 Å². The van der Waals surface area contributed by atoms with Gasteiger partial charge in [-0.2, -0.15) is 0 Å². The summed E-state index contributed by atoms with van der Waals surface area (Å²) in [5.41, 5.74) is 2.88. The van der Waals surface area contributed by atoms with Crippen LogP contribution in [0.15, 0.2) is 47.3 Å². The van der Waals surface area contributed by atoms with Crippen molar-refractivity contribution in [2.24, 2.45) is 0 Å². The minimum Gasteiger partial charge on any atom is -0.497 e. The third-order valence-electron chi connectivity index (χ3n) is 4.67. The number of aromatic nitrogens is 4. The summed E-state index contributed by atoms with van der Waals surface area (Å²) in [6.45, 7) is 3.78. The van der Waals surface area contributed by atoms with Crippen molar-refractivity contribution in [3.63, 3.8) is 0 Å². The minimum absolute atomic E-state index is 0.0153. The van der Waals surface area contributed by atoms with Crippen molar-refractivity contribution < 1.29 is 9.53 Å². The number of carbonyl (C=O) groups is 1. The van der Waals surface area contributed by atoms with Crippen LogP contribution in [-0.2, 0) is 0 Å². The van der Waals surface area contributed by atoms with Gasteiger partial charge in [-0.25, -0.2) is 4.52 Å². The van der Waals surface area contributed by atoms with E-state index < -0.39 is 11.5 Å². The van der Waals surface area contributed by atoms with Crippen LogP contribution in [0.1, 0.15) is 34.6 Å². The van der Waals surface area contributed by atoms with Crippen molar-refractivity contribution in [3.8, 4) is 5.75 Å². The fraction of sp³-hybridized carbons (Fsp3) is 0.200. The number of hydrogen-bond acceptors (Lipinski definition) is 5. The number of hydrogen-bond donors (Lipinski definition) is 2. The topological polar surface area (TPSA) is 101 Å². The highest BCUT2D eigenvalue weighted by Gasteiger charge is 2.21. The zero-order valence-corrected chi connectivity index (χ0v) is 15.7. The molecule has 8 nitrogen and oxygen atoms in total. The molecule has 0 unspecified atom stereocenters. The molecule has 2 heterocycles. The maximum Gasteiger partial charge on any atom is 0.277 e. The molecule has 142 valence electrons. The molecule has 0 fully saturated rings. The van der Waals surface area contributed by atoms with E-state index in [1.807, 2.05) is 56.3 Å². The summed E-state index contributed by atoms with van der Waals surface area (Å²) in [5.74, 6) is 0.230. The van der Waals surface area contributed by atoms with Crippen LogP contribution in [0.5, 0.6) is 5.75 Å². The summed E-state index contributed by atoms with van der Waals surface area (Å²) in [6.07, 6.45) is 0. The van der Waals surface area contributed by atoms with Crippen LogP contribution in [0.3, 0.4) is 0 Å². The number of H-pyrrole nitrogens is 1. The molecule has 0 saturated carbocycles. The van der Waals surface area contributed by atoms with E-state index in [-0.39, 0.29) is 17.3 Å². The lowest BCUT2D eigenvalue weighted by Crippen LogP contribution is -2.28. The Balaban J connectivity index is 1.71. The Morgan fingerprint density at radius 3 is 2.86 bits per heavy atom. The molecule has 4 aromatic rings. The number of benzene rings is 2. The lowest BCUT2D eigenvalue weighted by Gasteiger charge is -2.14. The molecule has 4 rings (SSSR count). The Morgan fingerprint density at radius 2 is 2.07 bits per heavy atom. The molecule has 0 aliphatic carbocycles. The van der Waals surface area contributed by atoms with Gasteiger partial charge in [0, 0.05) is 0 Å². The average molecular weight is 377 g/mol. The third kappa shape index (κ3) is 2.98. The molecule has 0 aliphatic rings. The highest BCUT2D eigenvalue weighted by molar-refractivity contribution is 5.99. The third-order valence-corrected chi connectivity index (χ3v) is 4.67. The van der Waals surface area contributed by atoms with Gasteiger partial charge >= 0.3 is 0 Å². The van der Waals surface area contributed by atoms with Gasteiger partial charge in [0.2, 0.25) is 0 Å². The van der Waals surface area contributed by atoms with Gasteiger partial charge in [0.05, 0.1) is 24.2 Å². The second-order valence-corrected chi connectivity index (χ2v) is 6.64. The van der Waals surface area contributed by atoms with Gasteiger partial charge in [-0.05, 0) is 49.2 Å². The second-order valence-electron chi connectivity index (χ2n) is 6.64. The number of nitrogens with one attached hydrogen (secondary N) is 2. The second kappa shape index (κ2) is 6.80. The number of aryl methyl sites for hydroxylation is 1. The van der Waals surface area contributed by atoms with Gasteiger partial charge in [0.25, 0.3) is 11.5 Å². The summed E-state index contributed by atoms with van der Waals surface area (Å²) >= 11 is 0. The largest absolute Gasteiger partial charge is 0.497 e. The van der Waals surface area contributed by atoms with E-state index in [4.69, 9.17) is 4.74 Å². The number of rotatable bonds is 4. The quantitative estimate of drug-likeness (QED) is 0.569. The fourth-order valence-corrected chi connectivity index (χ4v) is 3.18. The van der Waals surface area contributed by atoms with E-state index in [1.165, 1.54) is 4.52 Å². The molecule has 0 radical (unpaired) electrons. The maximum absolute atomic E-state index is 12.8. The highest BCUT2D eigenvalue weighted by atomic mass is 16.5. The summed E-state index contributed by atoms with van der Waals surface area (Å²) in [6, 6.07) is 12.7. The summed E-state index contributed by atoms with van der Waals surface area (Å²) in [5, 5.41) is 10.9. The van der Waals surface area contributed by atoms with Crippen LogP contribution in [-0.4, -0.2) is 32.8 Å². The van der Waals surface area contributed by atoms with Crippen LogP contribution in [0.4, 0.5) is 0 Å². The zero-order chi connectivity index (χ0) is 19.8. The summed E-state index contributed by atoms with van der Waals surface area (Å²) < 4.78 is 6.62. The summed E-state index contributed by atoms with van der Waals surface area (Å²) in [7, 11) is 1.59. The van der Waals surface area contributed by atoms with Crippen LogP contribution in [0.2, 0.25) is 0 Å². The first-order valence-corrected chi connectivity index (χ1v) is 8.81. The minimum atomic E-state index is -0.470. The van der Waals surface area contributed by atoms with Gasteiger partial charge in [-0.1, -0.05) is 23.4 Å². The number of aromatic amines is 1. The monoisotopic (exact) mass is 377 g/mol. The lowest BCUT2D eigenvalue weighted by molar-refractivity contribution is 0.0936. The Labute approximate surface area is 160 Å². The van der Waals surface area contributed by atoms with Crippen LogP contribution in [0.25, 0.3) is 16.6 Å². The Bertz CT molecular complexity index is 1260. The Kier molecular flexibility index (Phi) is 4.31. The summed E-state index contributed by atoms with van der Waals surface area (Å²) in [4.78, 5) is 28.2. The predicted molar refractivity (Wildman–Crippen MR) is 105 cm³/mol. The van der Waals surface area contributed by atoms with E-state index in [0.29, 0.717) is 16.8 Å². The molecule has 28 heavy (non-hydrogen) atoms. The maximum atomic E-state index is 12.8. The van der Waals surface area contributed by atoms with Crippen LogP contribution < -0.4 is 15.6 Å². The van der Waals surface area contributed by atoms with E-state index in [0.717, 1.165) is 11.1 Å². The molecular weight excluding hydrogens is 358 g/mol. The highest BCUT2D eigenvalue weighted by Crippen LogP contribution is 2.20. The number of methoxy groups -OCH3 is 1. The van der Waals surface area contributed by atoms with Crippen molar-refractivity contribution in [1.29, 1.82) is 0 Å². The number of nitrogens with zero attached hydrogens (tertiary/aromatic N) is 3. The first-order chi connectivity index (χ1) is 13.5. The molecule has 2 aromatic heterocycles. The van der Waals surface area contributed by atoms with Crippen molar-refractivity contribution >= 4 is 22.5 Å². The van der Waals surface area contributed by atoms with E-state index in [2.05, 4.69) is 20.6 Å². The van der Waals surface area contributed by atoms with E-state index in [9.17, 15) is 9.59 Å². The molecule has 2 aromatic carbocycles. The smallest absolute Gasteiger partial charge is 0.277 e. The number of amides is 1. The van der Waals surface area contributed by atoms with E-state index in [1.54, 1.807) is 7.11 Å². The molecule has 0 saturated heterocycles. The average Bonchev–Trinajstić information content (AvgIpc) is 3.14. The van der Waals surface area contributed by atoms with Crippen molar-refractivity contribution in [2.45, 2.75) is 19.9 Å². The van der Waals surface area contributed by atoms with Gasteiger partial charge in [0.15, 0.2) is 11.2 Å². The molecular formula is C20H19N5O3. The molecule has 1 amide bonds. The number of carbonyl (C=O) groups excluding carboxylic acids is 1. The first kappa shape index (κ1) is 17.7. The van der Waals surface area contributed by atoms with Crippen LogP contribution in [0, 0.1) is 6.92 Å². The first-order valence-electron chi connectivity index (χ1n) is 8.81. The van der Waals surface area contributed by atoms with Crippen molar-refractivity contribution in [2.75, 3.05) is 7.11 Å².